The predicted molar refractivity (Wildman–Crippen MR) is 107 cm³/mol. The lowest BCUT2D eigenvalue weighted by molar-refractivity contribution is 0.219. The number of hydrogen-bond donors (Lipinski definition) is 1. The molecule has 2 aromatic rings. The zero-order valence-electron chi connectivity index (χ0n) is 16.0. The van der Waals surface area contributed by atoms with Gasteiger partial charge in [0, 0.05) is 55.6 Å². The molecule has 3 rings (SSSR count). The number of halogens is 2. The van der Waals surface area contributed by atoms with E-state index in [9.17, 15) is 13.6 Å². The van der Waals surface area contributed by atoms with Crippen LogP contribution >= 0.6 is 11.9 Å². The van der Waals surface area contributed by atoms with Crippen molar-refractivity contribution in [3.05, 3.63) is 47.2 Å². The van der Waals surface area contributed by atoms with Crippen molar-refractivity contribution in [2.45, 2.75) is 13.8 Å². The molecule has 6 nitrogen and oxygen atoms in total. The zero-order chi connectivity index (χ0) is 20.3. The molecule has 9 heteroatoms. The van der Waals surface area contributed by atoms with Gasteiger partial charge in [0.1, 0.15) is 17.3 Å². The number of benzene rings is 1. The van der Waals surface area contributed by atoms with E-state index in [1.165, 1.54) is 19.2 Å². The van der Waals surface area contributed by atoms with Crippen LogP contribution in [0.1, 0.15) is 11.3 Å². The third-order valence-electron chi connectivity index (χ3n) is 4.62. The van der Waals surface area contributed by atoms with E-state index >= 15 is 0 Å². The van der Waals surface area contributed by atoms with Gasteiger partial charge in [-0.1, -0.05) is 0 Å². The highest BCUT2D eigenvalue weighted by atomic mass is 32.2. The number of carbonyl (C=O) groups is 1. The first-order chi connectivity index (χ1) is 13.4. The second-order valence-corrected chi connectivity index (χ2v) is 7.28. The second-order valence-electron chi connectivity index (χ2n) is 6.52. The highest BCUT2D eigenvalue weighted by Crippen LogP contribution is 2.28. The zero-order valence-corrected chi connectivity index (χ0v) is 16.8. The maximum Gasteiger partial charge on any atom is 0.302 e. The van der Waals surface area contributed by atoms with Crippen LogP contribution in [-0.4, -0.2) is 48.4 Å². The van der Waals surface area contributed by atoms with Crippen LogP contribution < -0.4 is 14.4 Å². The van der Waals surface area contributed by atoms with Crippen molar-refractivity contribution < 1.29 is 18.3 Å². The van der Waals surface area contributed by atoms with E-state index in [4.69, 9.17) is 4.74 Å². The van der Waals surface area contributed by atoms with Gasteiger partial charge in [-0.2, -0.15) is 0 Å². The molecule has 1 amide bonds. The van der Waals surface area contributed by atoms with Crippen LogP contribution in [0.15, 0.2) is 24.3 Å². The molecule has 0 unspecified atom stereocenters. The summed E-state index contributed by atoms with van der Waals surface area (Å²) in [5, 5.41) is -0.134. The van der Waals surface area contributed by atoms with Gasteiger partial charge >= 0.3 is 5.24 Å². The van der Waals surface area contributed by atoms with Crippen molar-refractivity contribution in [2.75, 3.05) is 42.9 Å². The Labute approximate surface area is 167 Å². The number of anilines is 2. The lowest BCUT2D eigenvalue weighted by atomic mass is 10.2. The summed E-state index contributed by atoms with van der Waals surface area (Å²) in [4.78, 5) is 20.4. The minimum atomic E-state index is -0.607. The fourth-order valence-electron chi connectivity index (χ4n) is 2.94. The molecule has 0 atom stereocenters. The molecule has 1 fully saturated rings. The molecule has 0 aliphatic carbocycles. The summed E-state index contributed by atoms with van der Waals surface area (Å²) in [6, 6.07) is 5.34. The number of carbonyl (C=O) groups excluding carboxylic acids is 1. The molecule has 1 N–H and O–H groups in total. The number of ether oxygens (including phenoxy) is 1. The molecule has 0 radical (unpaired) electrons. The van der Waals surface area contributed by atoms with Crippen molar-refractivity contribution in [2.24, 2.45) is 0 Å². The van der Waals surface area contributed by atoms with Gasteiger partial charge in [0.15, 0.2) is 0 Å². The standard InChI is InChI=1S/C19H22F2N4O2S/c1-12-8-17(18(27-3)22-13(12)2)23-28-19(26)25-6-4-24(5-7-25)16-10-14(20)9-15(21)11-16/h8-11,23H,4-7H2,1-3H3. The van der Waals surface area contributed by atoms with Crippen LogP contribution in [0.5, 0.6) is 5.88 Å². The van der Waals surface area contributed by atoms with Crippen LogP contribution in [-0.2, 0) is 0 Å². The fourth-order valence-corrected chi connectivity index (χ4v) is 3.60. The third-order valence-corrected chi connectivity index (χ3v) is 5.38. The maximum atomic E-state index is 13.4. The average Bonchev–Trinajstić information content (AvgIpc) is 2.67. The molecule has 1 aromatic carbocycles. The Balaban J connectivity index is 1.56. The normalized spacial score (nSPS) is 14.2. The Hall–Kier alpha value is -2.55. The van der Waals surface area contributed by atoms with Gasteiger partial charge < -0.3 is 19.3 Å². The lowest BCUT2D eigenvalue weighted by Gasteiger charge is -2.35. The lowest BCUT2D eigenvalue weighted by Crippen LogP contribution is -2.48. The number of hydrogen-bond acceptors (Lipinski definition) is 6. The Morgan fingerprint density at radius 2 is 1.75 bits per heavy atom. The highest BCUT2D eigenvalue weighted by molar-refractivity contribution is 8.14. The van der Waals surface area contributed by atoms with E-state index in [1.807, 2.05) is 24.8 Å². The molecule has 2 heterocycles. The largest absolute Gasteiger partial charge is 0.479 e. The SMILES string of the molecule is COc1nc(C)c(C)cc1NSC(=O)N1CCN(c2cc(F)cc(F)c2)CC1. The number of pyridine rings is 1. The number of piperazine rings is 1. The Morgan fingerprint density at radius 1 is 1.11 bits per heavy atom. The second kappa shape index (κ2) is 8.64. The van der Waals surface area contributed by atoms with Gasteiger partial charge in [-0.05, 0) is 37.6 Å². The maximum absolute atomic E-state index is 13.4. The summed E-state index contributed by atoms with van der Waals surface area (Å²) in [5.74, 6) is -0.783. The van der Waals surface area contributed by atoms with Gasteiger partial charge in [0.2, 0.25) is 5.88 Å². The molecule has 1 aromatic heterocycles. The van der Waals surface area contributed by atoms with Crippen molar-refractivity contribution in [3.8, 4) is 5.88 Å². The summed E-state index contributed by atoms with van der Waals surface area (Å²) in [6.45, 7) is 5.77. The molecule has 0 saturated carbocycles. The first-order valence-corrected chi connectivity index (χ1v) is 9.64. The fraction of sp³-hybridized carbons (Fsp3) is 0.368. The molecular formula is C19H22F2N4O2S. The van der Waals surface area contributed by atoms with Crippen LogP contribution in [0.4, 0.5) is 25.0 Å². The highest BCUT2D eigenvalue weighted by Gasteiger charge is 2.23. The molecule has 1 aliphatic rings. The number of rotatable bonds is 4. The molecule has 0 bridgehead atoms. The molecule has 150 valence electrons. The van der Waals surface area contributed by atoms with Gasteiger partial charge in [0.05, 0.1) is 7.11 Å². The van der Waals surface area contributed by atoms with Gasteiger partial charge in [-0.3, -0.25) is 4.79 Å². The van der Waals surface area contributed by atoms with Gasteiger partial charge in [0.25, 0.3) is 0 Å². The number of aryl methyl sites for hydroxylation is 2. The Bertz CT molecular complexity index is 853. The van der Waals surface area contributed by atoms with Crippen LogP contribution in [0, 0.1) is 25.5 Å². The number of amides is 1. The molecule has 1 aliphatic heterocycles. The van der Waals surface area contributed by atoms with E-state index in [0.29, 0.717) is 43.4 Å². The molecule has 0 spiro atoms. The van der Waals surface area contributed by atoms with E-state index in [-0.39, 0.29) is 5.24 Å². The summed E-state index contributed by atoms with van der Waals surface area (Å²) < 4.78 is 35.1. The van der Waals surface area contributed by atoms with Crippen LogP contribution in [0.25, 0.3) is 0 Å². The van der Waals surface area contributed by atoms with Crippen LogP contribution in [0.3, 0.4) is 0 Å². The summed E-state index contributed by atoms with van der Waals surface area (Å²) in [6.07, 6.45) is 0. The topological polar surface area (TPSA) is 57.7 Å². The Morgan fingerprint density at radius 3 is 2.36 bits per heavy atom. The van der Waals surface area contributed by atoms with Gasteiger partial charge in [-0.15, -0.1) is 0 Å². The molecule has 1 saturated heterocycles. The molecular weight excluding hydrogens is 386 g/mol. The summed E-state index contributed by atoms with van der Waals surface area (Å²) >= 11 is 0.961. The number of aromatic nitrogens is 1. The van der Waals surface area contributed by atoms with E-state index in [0.717, 1.165) is 29.3 Å². The monoisotopic (exact) mass is 408 g/mol. The van der Waals surface area contributed by atoms with Crippen molar-refractivity contribution in [3.63, 3.8) is 0 Å². The smallest absolute Gasteiger partial charge is 0.302 e. The van der Waals surface area contributed by atoms with E-state index in [1.54, 1.807) is 4.90 Å². The van der Waals surface area contributed by atoms with E-state index in [2.05, 4.69) is 9.71 Å². The number of methoxy groups -OCH3 is 1. The van der Waals surface area contributed by atoms with Crippen LogP contribution in [0.2, 0.25) is 0 Å². The minimum Gasteiger partial charge on any atom is -0.479 e. The van der Waals surface area contributed by atoms with E-state index < -0.39 is 11.6 Å². The quantitative estimate of drug-likeness (QED) is 0.772. The average molecular weight is 408 g/mol. The summed E-state index contributed by atoms with van der Waals surface area (Å²) in [7, 11) is 1.53. The first-order valence-electron chi connectivity index (χ1n) is 8.82. The Kier molecular flexibility index (Phi) is 6.23. The first kappa shape index (κ1) is 20.2. The molecule has 28 heavy (non-hydrogen) atoms. The summed E-state index contributed by atoms with van der Waals surface area (Å²) in [5.41, 5.74) is 2.98. The third kappa shape index (κ3) is 4.64. The predicted octanol–water partition coefficient (Wildman–Crippen LogP) is 3.99. The van der Waals surface area contributed by atoms with Crippen molar-refractivity contribution >= 4 is 28.6 Å². The van der Waals surface area contributed by atoms with Crippen molar-refractivity contribution in [1.82, 2.24) is 9.88 Å². The minimum absolute atomic E-state index is 0.134. The van der Waals surface area contributed by atoms with Gasteiger partial charge in [-0.25, -0.2) is 13.8 Å². The van der Waals surface area contributed by atoms with Crippen molar-refractivity contribution in [1.29, 1.82) is 0 Å². The number of nitrogens with zero attached hydrogens (tertiary/aromatic N) is 3. The number of nitrogens with one attached hydrogen (secondary N) is 1.